The van der Waals surface area contributed by atoms with Crippen molar-refractivity contribution in [3.05, 3.63) is 51.3 Å². The number of nitrogens with one attached hydrogen (secondary N) is 1. The van der Waals surface area contributed by atoms with Crippen LogP contribution in [0.3, 0.4) is 0 Å². The van der Waals surface area contributed by atoms with Gasteiger partial charge in [-0.05, 0) is 53.9 Å². The van der Waals surface area contributed by atoms with Crippen LogP contribution in [0.1, 0.15) is 40.7 Å². The van der Waals surface area contributed by atoms with Gasteiger partial charge in [0.05, 0.1) is 22.4 Å². The first-order valence-electron chi connectivity index (χ1n) is 7.09. The first kappa shape index (κ1) is 15.8. The molecule has 0 atom stereocenters. The van der Waals surface area contributed by atoms with Crippen LogP contribution in [0.25, 0.3) is 0 Å². The lowest BCUT2D eigenvalue weighted by molar-refractivity contribution is 0.0953. The van der Waals surface area contributed by atoms with E-state index in [-0.39, 0.29) is 5.91 Å². The Bertz CT molecular complexity index is 632. The van der Waals surface area contributed by atoms with Crippen LogP contribution >= 0.6 is 15.9 Å². The third-order valence-corrected chi connectivity index (χ3v) is 4.52. The van der Waals surface area contributed by atoms with Gasteiger partial charge in [-0.2, -0.15) is 5.10 Å². The Hall–Kier alpha value is -1.62. The quantitative estimate of drug-likeness (QED) is 0.898. The molecule has 1 heterocycles. The molecule has 1 amide bonds. The van der Waals surface area contributed by atoms with Crippen molar-refractivity contribution in [2.24, 2.45) is 0 Å². The summed E-state index contributed by atoms with van der Waals surface area (Å²) in [5.41, 5.74) is 3.92. The van der Waals surface area contributed by atoms with E-state index in [0.29, 0.717) is 18.7 Å². The molecule has 0 unspecified atom stereocenters. The highest BCUT2D eigenvalue weighted by Gasteiger charge is 2.09. The first-order valence-corrected chi connectivity index (χ1v) is 7.89. The fourth-order valence-corrected chi connectivity index (χ4v) is 2.39. The summed E-state index contributed by atoms with van der Waals surface area (Å²) in [4.78, 5) is 11.8. The summed E-state index contributed by atoms with van der Waals surface area (Å²) in [6.07, 6.45) is 0.941. The number of hydrogen-bond donors (Lipinski definition) is 1. The normalized spacial score (nSPS) is 10.7. The molecule has 1 aromatic carbocycles. The molecule has 5 heteroatoms. The molecule has 0 radical (unpaired) electrons. The molecule has 4 nitrogen and oxygen atoms in total. The number of carbonyl (C=O) groups excluding carboxylic acids is 1. The predicted molar refractivity (Wildman–Crippen MR) is 87.6 cm³/mol. The lowest BCUT2D eigenvalue weighted by Crippen LogP contribution is -2.23. The third kappa shape index (κ3) is 3.73. The number of carbonyl (C=O) groups is 1. The van der Waals surface area contributed by atoms with Crippen molar-refractivity contribution >= 4 is 21.8 Å². The number of hydrogen-bond acceptors (Lipinski definition) is 2. The van der Waals surface area contributed by atoms with Gasteiger partial charge < -0.3 is 5.32 Å². The minimum atomic E-state index is -0.0164. The maximum Gasteiger partial charge on any atom is 0.251 e. The van der Waals surface area contributed by atoms with Gasteiger partial charge >= 0.3 is 0 Å². The fraction of sp³-hybridized carbons (Fsp3) is 0.375. The number of nitrogens with zero attached hydrogens (tertiary/aromatic N) is 2. The van der Waals surface area contributed by atoms with E-state index in [2.05, 4.69) is 26.3 Å². The monoisotopic (exact) mass is 349 g/mol. The van der Waals surface area contributed by atoms with Gasteiger partial charge in [-0.1, -0.05) is 19.1 Å². The summed E-state index contributed by atoms with van der Waals surface area (Å²) in [5, 5.41) is 7.37. The number of aryl methyl sites for hydroxylation is 1. The van der Waals surface area contributed by atoms with Gasteiger partial charge in [-0.3, -0.25) is 9.48 Å². The first-order chi connectivity index (χ1) is 10.0. The van der Waals surface area contributed by atoms with E-state index in [1.807, 2.05) is 49.7 Å². The molecule has 1 aromatic heterocycles. The van der Waals surface area contributed by atoms with E-state index in [0.717, 1.165) is 27.8 Å². The summed E-state index contributed by atoms with van der Waals surface area (Å²) >= 11 is 3.53. The molecule has 112 valence electrons. The van der Waals surface area contributed by atoms with E-state index in [9.17, 15) is 4.79 Å². The number of halogens is 1. The molecule has 0 aliphatic rings. The Morgan fingerprint density at radius 2 is 1.95 bits per heavy atom. The van der Waals surface area contributed by atoms with Crippen molar-refractivity contribution in [3.63, 3.8) is 0 Å². The average Bonchev–Trinajstić information content (AvgIpc) is 2.73. The van der Waals surface area contributed by atoms with E-state index in [4.69, 9.17) is 0 Å². The molecular weight excluding hydrogens is 330 g/mol. The van der Waals surface area contributed by atoms with Gasteiger partial charge in [0.2, 0.25) is 0 Å². The summed E-state index contributed by atoms with van der Waals surface area (Å²) in [6.45, 7) is 7.47. The van der Waals surface area contributed by atoms with Crippen molar-refractivity contribution in [2.75, 3.05) is 6.54 Å². The SMILES string of the molecule is CCCNC(=O)c1ccc(Cn2nc(C)c(Br)c2C)cc1. The van der Waals surface area contributed by atoms with Crippen molar-refractivity contribution in [3.8, 4) is 0 Å². The molecule has 0 spiro atoms. The molecule has 2 rings (SSSR count). The van der Waals surface area contributed by atoms with Crippen molar-refractivity contribution < 1.29 is 4.79 Å². The Labute approximate surface area is 133 Å². The van der Waals surface area contributed by atoms with Crippen LogP contribution in [-0.2, 0) is 6.54 Å². The summed E-state index contributed by atoms with van der Waals surface area (Å²) < 4.78 is 3.02. The van der Waals surface area contributed by atoms with Crippen molar-refractivity contribution in [2.45, 2.75) is 33.7 Å². The summed E-state index contributed by atoms with van der Waals surface area (Å²) in [6, 6.07) is 7.68. The Morgan fingerprint density at radius 1 is 1.29 bits per heavy atom. The molecule has 0 aliphatic carbocycles. The number of aromatic nitrogens is 2. The van der Waals surface area contributed by atoms with Crippen LogP contribution in [0.4, 0.5) is 0 Å². The van der Waals surface area contributed by atoms with E-state index >= 15 is 0 Å². The zero-order valence-electron chi connectivity index (χ0n) is 12.6. The second-order valence-corrected chi connectivity index (χ2v) is 5.89. The van der Waals surface area contributed by atoms with Gasteiger partial charge in [0.25, 0.3) is 5.91 Å². The predicted octanol–water partition coefficient (Wildman–Crippen LogP) is 3.45. The van der Waals surface area contributed by atoms with Crippen LogP contribution in [0.15, 0.2) is 28.7 Å². The largest absolute Gasteiger partial charge is 0.352 e. The Kier molecular flexibility index (Phi) is 5.17. The zero-order valence-corrected chi connectivity index (χ0v) is 14.2. The van der Waals surface area contributed by atoms with Gasteiger partial charge in [0.15, 0.2) is 0 Å². The van der Waals surface area contributed by atoms with E-state index in [1.54, 1.807) is 0 Å². The molecule has 0 bridgehead atoms. The molecule has 21 heavy (non-hydrogen) atoms. The second-order valence-electron chi connectivity index (χ2n) is 5.10. The van der Waals surface area contributed by atoms with E-state index < -0.39 is 0 Å². The lowest BCUT2D eigenvalue weighted by Gasteiger charge is -2.07. The van der Waals surface area contributed by atoms with Crippen molar-refractivity contribution in [1.82, 2.24) is 15.1 Å². The van der Waals surface area contributed by atoms with Crippen LogP contribution in [0, 0.1) is 13.8 Å². The van der Waals surface area contributed by atoms with Gasteiger partial charge in [0.1, 0.15) is 0 Å². The molecule has 0 saturated carbocycles. The second kappa shape index (κ2) is 6.89. The lowest BCUT2D eigenvalue weighted by atomic mass is 10.1. The minimum absolute atomic E-state index is 0.0164. The van der Waals surface area contributed by atoms with Crippen molar-refractivity contribution in [1.29, 1.82) is 0 Å². The molecule has 0 fully saturated rings. The standard InChI is InChI=1S/C16H20BrN3O/c1-4-9-18-16(21)14-7-5-13(6-8-14)10-20-12(3)15(17)11(2)19-20/h5-8H,4,9-10H2,1-3H3,(H,18,21). The molecular formula is C16H20BrN3O. The highest BCUT2D eigenvalue weighted by Crippen LogP contribution is 2.20. The zero-order chi connectivity index (χ0) is 15.4. The van der Waals surface area contributed by atoms with Gasteiger partial charge in [0, 0.05) is 12.1 Å². The van der Waals surface area contributed by atoms with Crippen LogP contribution in [0.5, 0.6) is 0 Å². The van der Waals surface area contributed by atoms with Gasteiger partial charge in [-0.25, -0.2) is 0 Å². The molecule has 2 aromatic rings. The minimum Gasteiger partial charge on any atom is -0.352 e. The third-order valence-electron chi connectivity index (χ3n) is 3.38. The summed E-state index contributed by atoms with van der Waals surface area (Å²) in [5.74, 6) is -0.0164. The highest BCUT2D eigenvalue weighted by molar-refractivity contribution is 9.10. The smallest absolute Gasteiger partial charge is 0.251 e. The number of benzene rings is 1. The van der Waals surface area contributed by atoms with E-state index in [1.165, 1.54) is 0 Å². The Balaban J connectivity index is 2.09. The number of amides is 1. The number of rotatable bonds is 5. The Morgan fingerprint density at radius 3 is 2.48 bits per heavy atom. The topological polar surface area (TPSA) is 46.9 Å². The maximum atomic E-state index is 11.8. The average molecular weight is 350 g/mol. The van der Waals surface area contributed by atoms with Crippen LogP contribution in [0.2, 0.25) is 0 Å². The molecule has 0 aliphatic heterocycles. The molecule has 1 N–H and O–H groups in total. The van der Waals surface area contributed by atoms with Gasteiger partial charge in [-0.15, -0.1) is 0 Å². The maximum absolute atomic E-state index is 11.8. The van der Waals surface area contributed by atoms with Crippen LogP contribution in [-0.4, -0.2) is 22.2 Å². The van der Waals surface area contributed by atoms with Crippen LogP contribution < -0.4 is 5.32 Å². The summed E-state index contributed by atoms with van der Waals surface area (Å²) in [7, 11) is 0. The highest BCUT2D eigenvalue weighted by atomic mass is 79.9. The fourth-order valence-electron chi connectivity index (χ4n) is 2.10. The molecule has 0 saturated heterocycles.